The van der Waals surface area contributed by atoms with E-state index in [1.54, 1.807) is 0 Å². The normalized spacial score (nSPS) is 22.0. The Morgan fingerprint density at radius 2 is 1.56 bits per heavy atom. The largest absolute Gasteiger partial charge is 0.490 e. The van der Waals surface area contributed by atoms with Gasteiger partial charge in [-0.05, 0) is 44.0 Å². The van der Waals surface area contributed by atoms with Crippen molar-refractivity contribution >= 4 is 11.9 Å². The molecule has 1 saturated carbocycles. The Morgan fingerprint density at radius 1 is 1.00 bits per heavy atom. The predicted octanol–water partition coefficient (Wildman–Crippen LogP) is 4.34. The Morgan fingerprint density at radius 3 is 2.03 bits per heavy atom. The first-order chi connectivity index (χ1) is 16.7. The highest BCUT2D eigenvalue weighted by Gasteiger charge is 2.43. The summed E-state index contributed by atoms with van der Waals surface area (Å²) in [5, 5.41) is 14.2. The molecule has 0 radical (unpaired) electrons. The molecule has 2 aromatic heterocycles. The molecule has 1 aliphatic carbocycles. The van der Waals surface area contributed by atoms with Crippen LogP contribution in [0.4, 0.5) is 26.3 Å². The monoisotopic (exact) mass is 528 g/mol. The summed E-state index contributed by atoms with van der Waals surface area (Å²) in [6.07, 6.45) is -3.01. The maximum atomic E-state index is 10.6. The lowest BCUT2D eigenvalue weighted by atomic mass is 10.0. The molecule has 14 heteroatoms. The molecular weight excluding hydrogens is 502 g/mol. The van der Waals surface area contributed by atoms with Crippen molar-refractivity contribution in [1.29, 1.82) is 0 Å². The SMILES string of the molecule is Cc1ccc(CN2CCOC3C(Cn4cccc4)CCC32)o1.O=C(O)C(F)(F)F.O=C(O)C(F)(F)F. The van der Waals surface area contributed by atoms with E-state index in [0.717, 1.165) is 37.8 Å². The summed E-state index contributed by atoms with van der Waals surface area (Å²) >= 11 is 0. The van der Waals surface area contributed by atoms with Crippen LogP contribution in [0.1, 0.15) is 24.4 Å². The quantitative estimate of drug-likeness (QED) is 0.569. The number of alkyl halides is 6. The van der Waals surface area contributed by atoms with Crippen LogP contribution >= 0.6 is 0 Å². The highest BCUT2D eigenvalue weighted by Crippen LogP contribution is 2.36. The minimum atomic E-state index is -5.08. The second-order valence-electron chi connectivity index (χ2n) is 8.21. The molecule has 0 bridgehead atoms. The number of morpholine rings is 1. The Bertz CT molecular complexity index is 949. The molecule has 3 unspecified atom stereocenters. The summed E-state index contributed by atoms with van der Waals surface area (Å²) in [7, 11) is 0. The third-order valence-electron chi connectivity index (χ3n) is 5.59. The van der Waals surface area contributed by atoms with Crippen molar-refractivity contribution in [2.24, 2.45) is 5.92 Å². The second kappa shape index (κ2) is 12.3. The first kappa shape index (κ1) is 29.2. The number of aryl methyl sites for hydroxylation is 1. The molecule has 202 valence electrons. The second-order valence-corrected chi connectivity index (χ2v) is 8.21. The van der Waals surface area contributed by atoms with Crippen LogP contribution in [0.15, 0.2) is 41.1 Å². The van der Waals surface area contributed by atoms with Gasteiger partial charge in [-0.15, -0.1) is 0 Å². The molecule has 3 heterocycles. The number of carbonyl (C=O) groups is 2. The molecule has 8 nitrogen and oxygen atoms in total. The number of aliphatic carboxylic acids is 2. The van der Waals surface area contributed by atoms with Gasteiger partial charge in [-0.1, -0.05) is 0 Å². The Balaban J connectivity index is 0.000000271. The van der Waals surface area contributed by atoms with Crippen LogP contribution < -0.4 is 0 Å². The lowest BCUT2D eigenvalue weighted by Gasteiger charge is -2.39. The highest BCUT2D eigenvalue weighted by atomic mass is 19.4. The summed E-state index contributed by atoms with van der Waals surface area (Å²) in [4.78, 5) is 20.3. The molecule has 2 aromatic rings. The van der Waals surface area contributed by atoms with Crippen molar-refractivity contribution in [3.8, 4) is 0 Å². The first-order valence-electron chi connectivity index (χ1n) is 10.8. The number of furan rings is 1. The molecule has 2 N–H and O–H groups in total. The van der Waals surface area contributed by atoms with Crippen LogP contribution in [0.5, 0.6) is 0 Å². The van der Waals surface area contributed by atoms with Gasteiger partial charge in [-0.2, -0.15) is 26.3 Å². The number of fused-ring (bicyclic) bond motifs is 1. The number of rotatable bonds is 4. The van der Waals surface area contributed by atoms with Gasteiger partial charge in [0.1, 0.15) is 11.5 Å². The molecule has 1 aliphatic heterocycles. The van der Waals surface area contributed by atoms with Crippen molar-refractivity contribution in [3.05, 3.63) is 48.2 Å². The van der Waals surface area contributed by atoms with Gasteiger partial charge < -0.3 is 23.9 Å². The zero-order valence-electron chi connectivity index (χ0n) is 19.1. The van der Waals surface area contributed by atoms with Gasteiger partial charge >= 0.3 is 24.3 Å². The summed E-state index contributed by atoms with van der Waals surface area (Å²) < 4.78 is 77.7. The van der Waals surface area contributed by atoms with Crippen LogP contribution in [0.25, 0.3) is 0 Å². The maximum Gasteiger partial charge on any atom is 0.490 e. The van der Waals surface area contributed by atoms with E-state index in [9.17, 15) is 26.3 Å². The summed E-state index contributed by atoms with van der Waals surface area (Å²) in [6, 6.07) is 8.89. The molecule has 0 spiro atoms. The van der Waals surface area contributed by atoms with Crippen molar-refractivity contribution < 1.29 is 55.3 Å². The van der Waals surface area contributed by atoms with Crippen LogP contribution in [-0.2, 0) is 27.4 Å². The molecule has 2 aliphatic rings. The van der Waals surface area contributed by atoms with E-state index in [1.165, 1.54) is 12.8 Å². The number of halogens is 6. The molecule has 36 heavy (non-hydrogen) atoms. The fourth-order valence-electron chi connectivity index (χ4n) is 4.06. The first-order valence-corrected chi connectivity index (χ1v) is 10.8. The van der Waals surface area contributed by atoms with E-state index in [1.807, 2.05) is 6.92 Å². The van der Waals surface area contributed by atoms with Gasteiger partial charge in [-0.3, -0.25) is 4.90 Å². The third kappa shape index (κ3) is 8.90. The molecule has 0 amide bonds. The van der Waals surface area contributed by atoms with Crippen LogP contribution in [0, 0.1) is 12.8 Å². The minimum absolute atomic E-state index is 0.368. The number of carboxylic acids is 2. The average Bonchev–Trinajstić information content (AvgIpc) is 3.51. The van der Waals surface area contributed by atoms with E-state index in [4.69, 9.17) is 29.0 Å². The van der Waals surface area contributed by atoms with E-state index in [-0.39, 0.29) is 0 Å². The molecule has 2 fully saturated rings. The van der Waals surface area contributed by atoms with Gasteiger partial charge in [0, 0.05) is 37.4 Å². The van der Waals surface area contributed by atoms with Crippen molar-refractivity contribution in [1.82, 2.24) is 9.47 Å². The molecule has 3 atom stereocenters. The van der Waals surface area contributed by atoms with E-state index >= 15 is 0 Å². The topological polar surface area (TPSA) is 105 Å². The lowest BCUT2D eigenvalue weighted by molar-refractivity contribution is -0.193. The van der Waals surface area contributed by atoms with Gasteiger partial charge in [-0.25, -0.2) is 9.59 Å². The number of ether oxygens (including phenoxy) is 1. The van der Waals surface area contributed by atoms with Gasteiger partial charge in [0.2, 0.25) is 0 Å². The number of carboxylic acid groups (broad SMARTS) is 2. The van der Waals surface area contributed by atoms with Crippen LogP contribution in [0.3, 0.4) is 0 Å². The standard InChI is InChI=1S/C18H24N2O2.2C2HF3O2/c1-14-4-6-16(22-14)13-20-10-11-21-18-15(5-7-17(18)20)12-19-8-2-3-9-19;2*3-2(4,5)1(6)7/h2-4,6,8-9,15,17-18H,5,7,10-13H2,1H3;2*(H,6,7). The zero-order chi connectivity index (χ0) is 27.1. The summed E-state index contributed by atoms with van der Waals surface area (Å²) in [6.45, 7) is 5.84. The number of nitrogens with zero attached hydrogens (tertiary/aromatic N) is 2. The van der Waals surface area contributed by atoms with Crippen LogP contribution in [-0.4, -0.2) is 69.3 Å². The molecular formula is C22H26F6N2O6. The fraction of sp³-hybridized carbons (Fsp3) is 0.545. The molecule has 1 saturated heterocycles. The third-order valence-corrected chi connectivity index (χ3v) is 5.59. The average molecular weight is 528 g/mol. The van der Waals surface area contributed by atoms with Crippen molar-refractivity contribution in [2.45, 2.75) is 57.4 Å². The van der Waals surface area contributed by atoms with E-state index in [2.05, 4.69) is 46.1 Å². The van der Waals surface area contributed by atoms with Gasteiger partial charge in [0.25, 0.3) is 0 Å². The van der Waals surface area contributed by atoms with Crippen molar-refractivity contribution in [3.63, 3.8) is 0 Å². The summed E-state index contributed by atoms with van der Waals surface area (Å²) in [5.41, 5.74) is 0. The van der Waals surface area contributed by atoms with Gasteiger partial charge in [0.15, 0.2) is 0 Å². The predicted molar refractivity (Wildman–Crippen MR) is 112 cm³/mol. The number of hydrogen-bond acceptors (Lipinski definition) is 5. The summed E-state index contributed by atoms with van der Waals surface area (Å²) in [5.74, 6) is -2.82. The zero-order valence-corrected chi connectivity index (χ0v) is 19.1. The Hall–Kier alpha value is -3.00. The van der Waals surface area contributed by atoms with Crippen LogP contribution in [0.2, 0.25) is 0 Å². The van der Waals surface area contributed by atoms with E-state index < -0.39 is 24.3 Å². The highest BCUT2D eigenvalue weighted by molar-refractivity contribution is 5.73. The Kier molecular flexibility index (Phi) is 9.99. The maximum absolute atomic E-state index is 10.6. The fourth-order valence-corrected chi connectivity index (χ4v) is 4.06. The number of hydrogen-bond donors (Lipinski definition) is 2. The number of aromatic nitrogens is 1. The minimum Gasteiger partial charge on any atom is -0.475 e. The molecule has 0 aromatic carbocycles. The van der Waals surface area contributed by atoms with Gasteiger partial charge in [0.05, 0.1) is 19.3 Å². The lowest BCUT2D eigenvalue weighted by Crippen LogP contribution is -2.50. The van der Waals surface area contributed by atoms with Crippen molar-refractivity contribution in [2.75, 3.05) is 13.2 Å². The Labute approximate surface area is 202 Å². The molecule has 4 rings (SSSR count). The smallest absolute Gasteiger partial charge is 0.475 e. The van der Waals surface area contributed by atoms with E-state index in [0.29, 0.717) is 18.1 Å².